The summed E-state index contributed by atoms with van der Waals surface area (Å²) in [6, 6.07) is 6.92. The Morgan fingerprint density at radius 3 is 2.77 bits per heavy atom. The lowest BCUT2D eigenvalue weighted by molar-refractivity contribution is -0.121. The Morgan fingerprint density at radius 2 is 2.04 bits per heavy atom. The number of nitrogens with zero attached hydrogens (tertiary/aromatic N) is 2. The van der Waals surface area contributed by atoms with Gasteiger partial charge in [-0.05, 0) is 53.0 Å². The van der Waals surface area contributed by atoms with Crippen LogP contribution >= 0.6 is 15.9 Å². The van der Waals surface area contributed by atoms with Crippen LogP contribution in [0.1, 0.15) is 23.2 Å². The highest BCUT2D eigenvalue weighted by Gasteiger charge is 2.30. The average molecular weight is 424 g/mol. The Morgan fingerprint density at radius 1 is 1.23 bits per heavy atom. The second-order valence-corrected chi connectivity index (χ2v) is 6.96. The van der Waals surface area contributed by atoms with Gasteiger partial charge in [0.25, 0.3) is 5.91 Å². The summed E-state index contributed by atoms with van der Waals surface area (Å²) in [6.07, 6.45) is 2.78. The lowest BCUT2D eigenvalue weighted by Gasteiger charge is -2.32. The van der Waals surface area contributed by atoms with Gasteiger partial charge in [-0.1, -0.05) is 6.07 Å². The quantitative estimate of drug-likeness (QED) is 0.819. The van der Waals surface area contributed by atoms with E-state index in [9.17, 15) is 18.4 Å². The first-order chi connectivity index (χ1) is 12.5. The molecular weight excluding hydrogens is 408 g/mol. The van der Waals surface area contributed by atoms with Crippen molar-refractivity contribution in [3.63, 3.8) is 0 Å². The van der Waals surface area contributed by atoms with Gasteiger partial charge in [-0.2, -0.15) is 0 Å². The molecule has 1 aromatic carbocycles. The van der Waals surface area contributed by atoms with E-state index in [4.69, 9.17) is 0 Å². The minimum absolute atomic E-state index is 0.150. The lowest BCUT2D eigenvalue weighted by atomic mass is 9.96. The lowest BCUT2D eigenvalue weighted by Crippen LogP contribution is -2.44. The monoisotopic (exact) mass is 423 g/mol. The van der Waals surface area contributed by atoms with Crippen molar-refractivity contribution in [2.24, 2.45) is 5.92 Å². The molecule has 1 N–H and O–H groups in total. The molecule has 1 saturated heterocycles. The average Bonchev–Trinajstić information content (AvgIpc) is 2.65. The van der Waals surface area contributed by atoms with E-state index in [1.54, 1.807) is 18.3 Å². The number of amides is 2. The number of hydrogen-bond donors (Lipinski definition) is 1. The van der Waals surface area contributed by atoms with E-state index in [1.165, 1.54) is 17.0 Å². The predicted molar refractivity (Wildman–Crippen MR) is 95.6 cm³/mol. The first-order valence-electron chi connectivity index (χ1n) is 8.11. The second kappa shape index (κ2) is 7.90. The number of carbonyl (C=O) groups is 2. The Bertz CT molecular complexity index is 830. The van der Waals surface area contributed by atoms with E-state index in [0.717, 1.165) is 10.5 Å². The first-order valence-corrected chi connectivity index (χ1v) is 8.90. The third-order valence-electron chi connectivity index (χ3n) is 4.24. The number of halogens is 3. The summed E-state index contributed by atoms with van der Waals surface area (Å²) in [6.45, 7) is 0.548. The van der Waals surface area contributed by atoms with Gasteiger partial charge in [0, 0.05) is 23.8 Å². The molecule has 2 amide bonds. The molecule has 0 bridgehead atoms. The molecule has 1 aliphatic heterocycles. The molecule has 1 aliphatic rings. The fraction of sp³-hybridized carbons (Fsp3) is 0.278. The van der Waals surface area contributed by atoms with Crippen LogP contribution in [0.3, 0.4) is 0 Å². The molecule has 0 aliphatic carbocycles. The fourth-order valence-electron chi connectivity index (χ4n) is 2.89. The van der Waals surface area contributed by atoms with E-state index in [1.807, 2.05) is 0 Å². The van der Waals surface area contributed by atoms with Crippen molar-refractivity contribution in [2.45, 2.75) is 12.8 Å². The van der Waals surface area contributed by atoms with Crippen molar-refractivity contribution in [1.82, 2.24) is 9.88 Å². The number of carbonyl (C=O) groups excluding carboxylic acids is 2. The molecule has 3 rings (SSSR count). The molecule has 1 unspecified atom stereocenters. The summed E-state index contributed by atoms with van der Waals surface area (Å²) in [5, 5.41) is 2.72. The van der Waals surface area contributed by atoms with Gasteiger partial charge < -0.3 is 10.2 Å². The van der Waals surface area contributed by atoms with Gasteiger partial charge in [-0.15, -0.1) is 0 Å². The molecule has 1 aromatic heterocycles. The van der Waals surface area contributed by atoms with Crippen molar-refractivity contribution in [1.29, 1.82) is 0 Å². The van der Waals surface area contributed by atoms with Crippen molar-refractivity contribution < 1.29 is 18.4 Å². The number of rotatable bonds is 3. The number of benzene rings is 1. The van der Waals surface area contributed by atoms with E-state index in [0.29, 0.717) is 25.2 Å². The summed E-state index contributed by atoms with van der Waals surface area (Å²) in [5.41, 5.74) is -0.319. The van der Waals surface area contributed by atoms with Crippen LogP contribution in [-0.4, -0.2) is 34.8 Å². The standard InChI is InChI=1S/C18H16BrF2N3O2/c19-12-6-7-15(22-9-12)23-17(25)11-3-2-8-24(10-11)18(26)13-4-1-5-14(20)16(13)21/h1,4-7,9,11H,2-3,8,10H2,(H,22,23,25). The van der Waals surface area contributed by atoms with Crippen molar-refractivity contribution in [3.05, 3.63) is 58.2 Å². The van der Waals surface area contributed by atoms with Gasteiger partial charge in [0.05, 0.1) is 11.5 Å². The molecule has 136 valence electrons. The maximum absolute atomic E-state index is 13.9. The number of pyridine rings is 1. The van der Waals surface area contributed by atoms with Gasteiger partial charge in [-0.25, -0.2) is 13.8 Å². The van der Waals surface area contributed by atoms with Crippen LogP contribution in [-0.2, 0) is 4.79 Å². The van der Waals surface area contributed by atoms with Crippen LogP contribution in [0.15, 0.2) is 41.0 Å². The molecule has 1 fully saturated rings. The van der Waals surface area contributed by atoms with Gasteiger partial charge in [0.15, 0.2) is 11.6 Å². The highest BCUT2D eigenvalue weighted by atomic mass is 79.9. The van der Waals surface area contributed by atoms with Gasteiger partial charge in [0.2, 0.25) is 5.91 Å². The Labute approximate surface area is 157 Å². The molecule has 0 spiro atoms. The molecule has 1 atom stereocenters. The molecule has 2 aromatic rings. The largest absolute Gasteiger partial charge is 0.338 e. The van der Waals surface area contributed by atoms with E-state index in [2.05, 4.69) is 26.2 Å². The third-order valence-corrected chi connectivity index (χ3v) is 4.71. The highest BCUT2D eigenvalue weighted by Crippen LogP contribution is 2.22. The van der Waals surface area contributed by atoms with Crippen LogP contribution in [0.2, 0.25) is 0 Å². The van der Waals surface area contributed by atoms with Gasteiger partial charge in [-0.3, -0.25) is 9.59 Å². The van der Waals surface area contributed by atoms with Crippen LogP contribution in [0.5, 0.6) is 0 Å². The number of piperidine rings is 1. The van der Waals surface area contributed by atoms with E-state index < -0.39 is 23.5 Å². The number of likely N-dealkylation sites (tertiary alicyclic amines) is 1. The Kier molecular flexibility index (Phi) is 5.61. The molecule has 26 heavy (non-hydrogen) atoms. The van der Waals surface area contributed by atoms with Gasteiger partial charge in [0.1, 0.15) is 5.82 Å². The molecule has 5 nitrogen and oxygen atoms in total. The number of anilines is 1. The smallest absolute Gasteiger partial charge is 0.256 e. The summed E-state index contributed by atoms with van der Waals surface area (Å²) in [5.74, 6) is -3.11. The zero-order valence-electron chi connectivity index (χ0n) is 13.7. The van der Waals surface area contributed by atoms with Crippen molar-refractivity contribution in [2.75, 3.05) is 18.4 Å². The second-order valence-electron chi connectivity index (χ2n) is 6.04. The summed E-state index contributed by atoms with van der Waals surface area (Å²) >= 11 is 3.27. The normalized spacial score (nSPS) is 17.0. The number of aromatic nitrogens is 1. The van der Waals surface area contributed by atoms with E-state index >= 15 is 0 Å². The molecule has 0 radical (unpaired) electrons. The molecule has 8 heteroatoms. The SMILES string of the molecule is O=C(Nc1ccc(Br)cn1)C1CCCN(C(=O)c2cccc(F)c2F)C1. The van der Waals surface area contributed by atoms with Crippen LogP contribution in [0.25, 0.3) is 0 Å². The molecular formula is C18H16BrF2N3O2. The van der Waals surface area contributed by atoms with Crippen LogP contribution < -0.4 is 5.32 Å². The Balaban J connectivity index is 1.68. The fourth-order valence-corrected chi connectivity index (χ4v) is 3.13. The molecule has 2 heterocycles. The summed E-state index contributed by atoms with van der Waals surface area (Å²) in [7, 11) is 0. The maximum Gasteiger partial charge on any atom is 0.256 e. The minimum atomic E-state index is -1.16. The third kappa shape index (κ3) is 4.07. The topological polar surface area (TPSA) is 62.3 Å². The number of nitrogens with one attached hydrogen (secondary N) is 1. The zero-order valence-corrected chi connectivity index (χ0v) is 15.3. The predicted octanol–water partition coefficient (Wildman–Crippen LogP) is 3.61. The highest BCUT2D eigenvalue weighted by molar-refractivity contribution is 9.10. The number of hydrogen-bond acceptors (Lipinski definition) is 3. The first kappa shape index (κ1) is 18.4. The van der Waals surface area contributed by atoms with Gasteiger partial charge >= 0.3 is 0 Å². The Hall–Kier alpha value is -2.35. The summed E-state index contributed by atoms with van der Waals surface area (Å²) < 4.78 is 28.0. The van der Waals surface area contributed by atoms with Crippen LogP contribution in [0, 0.1) is 17.6 Å². The maximum atomic E-state index is 13.9. The van der Waals surface area contributed by atoms with Crippen molar-refractivity contribution in [3.8, 4) is 0 Å². The minimum Gasteiger partial charge on any atom is -0.338 e. The molecule has 0 saturated carbocycles. The summed E-state index contributed by atoms with van der Waals surface area (Å²) in [4.78, 5) is 30.4. The van der Waals surface area contributed by atoms with Crippen molar-refractivity contribution >= 4 is 33.6 Å². The zero-order chi connectivity index (χ0) is 18.7. The van der Waals surface area contributed by atoms with E-state index in [-0.39, 0.29) is 18.0 Å². The van der Waals surface area contributed by atoms with Crippen LogP contribution in [0.4, 0.5) is 14.6 Å².